The number of anilines is 2. The molecule has 0 radical (unpaired) electrons. The van der Waals surface area contributed by atoms with Crippen molar-refractivity contribution in [2.45, 2.75) is 52.2 Å². The largest absolute Gasteiger partial charge is 0.371 e. The highest BCUT2D eigenvalue weighted by molar-refractivity contribution is 5.90. The maximum atomic E-state index is 12.7. The van der Waals surface area contributed by atoms with E-state index in [1.54, 1.807) is 0 Å². The molecule has 1 aromatic rings. The molecular formula is C20H31N3O2. The van der Waals surface area contributed by atoms with Crippen molar-refractivity contribution in [1.29, 1.82) is 0 Å². The van der Waals surface area contributed by atoms with Crippen LogP contribution in [0, 0.1) is 5.92 Å². The first-order chi connectivity index (χ1) is 11.8. The lowest BCUT2D eigenvalue weighted by Gasteiger charge is -2.41. The predicted octanol–water partition coefficient (Wildman–Crippen LogP) is 3.95. The van der Waals surface area contributed by atoms with Crippen LogP contribution in [0.5, 0.6) is 0 Å². The topological polar surface area (TPSA) is 44.8 Å². The van der Waals surface area contributed by atoms with Crippen LogP contribution in [0.15, 0.2) is 24.3 Å². The molecule has 2 aliphatic rings. The van der Waals surface area contributed by atoms with E-state index in [0.717, 1.165) is 24.7 Å². The number of ether oxygens (including phenoxy) is 1. The van der Waals surface area contributed by atoms with E-state index in [-0.39, 0.29) is 17.7 Å². The van der Waals surface area contributed by atoms with Gasteiger partial charge in [0.1, 0.15) is 0 Å². The monoisotopic (exact) mass is 345 g/mol. The zero-order valence-electron chi connectivity index (χ0n) is 15.9. The molecule has 0 bridgehead atoms. The van der Waals surface area contributed by atoms with Gasteiger partial charge in [0, 0.05) is 31.0 Å². The molecule has 25 heavy (non-hydrogen) atoms. The van der Waals surface area contributed by atoms with Gasteiger partial charge < -0.3 is 19.9 Å². The van der Waals surface area contributed by atoms with Crippen LogP contribution >= 0.6 is 0 Å². The number of rotatable bonds is 2. The SMILES string of the molecule is CC1CCN(c2cccc(NC(=O)N3C[C@H](C)OC(C)(C)C3)c2)CC1. The summed E-state index contributed by atoms with van der Waals surface area (Å²) in [7, 11) is 0. The van der Waals surface area contributed by atoms with Crippen LogP contribution in [0.3, 0.4) is 0 Å². The van der Waals surface area contributed by atoms with Crippen molar-refractivity contribution in [3.63, 3.8) is 0 Å². The third-order valence-corrected chi connectivity index (χ3v) is 5.10. The van der Waals surface area contributed by atoms with E-state index in [0.29, 0.717) is 13.1 Å². The maximum absolute atomic E-state index is 12.7. The van der Waals surface area contributed by atoms with Crippen LogP contribution < -0.4 is 10.2 Å². The van der Waals surface area contributed by atoms with Crippen molar-refractivity contribution in [2.24, 2.45) is 5.92 Å². The van der Waals surface area contributed by atoms with E-state index in [9.17, 15) is 4.79 Å². The summed E-state index contributed by atoms with van der Waals surface area (Å²) in [6.45, 7) is 11.8. The molecule has 1 N–H and O–H groups in total. The van der Waals surface area contributed by atoms with Gasteiger partial charge in [-0.1, -0.05) is 13.0 Å². The highest BCUT2D eigenvalue weighted by Gasteiger charge is 2.33. The van der Waals surface area contributed by atoms with Crippen molar-refractivity contribution in [3.05, 3.63) is 24.3 Å². The molecule has 0 aromatic heterocycles. The number of hydrogen-bond acceptors (Lipinski definition) is 3. The average Bonchev–Trinajstić information content (AvgIpc) is 2.54. The molecule has 5 nitrogen and oxygen atoms in total. The van der Waals surface area contributed by atoms with E-state index in [4.69, 9.17) is 4.74 Å². The summed E-state index contributed by atoms with van der Waals surface area (Å²) in [6.07, 6.45) is 2.52. The van der Waals surface area contributed by atoms with Gasteiger partial charge in [-0.05, 0) is 57.7 Å². The number of nitrogens with one attached hydrogen (secondary N) is 1. The van der Waals surface area contributed by atoms with Gasteiger partial charge in [0.25, 0.3) is 0 Å². The summed E-state index contributed by atoms with van der Waals surface area (Å²) in [4.78, 5) is 16.9. The summed E-state index contributed by atoms with van der Waals surface area (Å²) in [5, 5.41) is 3.06. The molecule has 0 unspecified atom stereocenters. The second-order valence-electron chi connectivity index (χ2n) is 8.22. The zero-order valence-corrected chi connectivity index (χ0v) is 15.9. The maximum Gasteiger partial charge on any atom is 0.322 e. The number of piperidine rings is 1. The Kier molecular flexibility index (Phi) is 5.23. The van der Waals surface area contributed by atoms with Crippen LogP contribution in [0.2, 0.25) is 0 Å². The first-order valence-electron chi connectivity index (χ1n) is 9.41. The molecule has 2 amide bonds. The average molecular weight is 345 g/mol. The van der Waals surface area contributed by atoms with Crippen molar-refractivity contribution >= 4 is 17.4 Å². The minimum Gasteiger partial charge on any atom is -0.371 e. The Morgan fingerprint density at radius 1 is 1.24 bits per heavy atom. The summed E-state index contributed by atoms with van der Waals surface area (Å²) >= 11 is 0. The molecule has 1 aromatic carbocycles. The third-order valence-electron chi connectivity index (χ3n) is 5.10. The number of morpholine rings is 1. The smallest absolute Gasteiger partial charge is 0.322 e. The Labute approximate surface area is 151 Å². The number of urea groups is 1. The number of benzene rings is 1. The third kappa shape index (κ3) is 4.66. The fourth-order valence-electron chi connectivity index (χ4n) is 3.86. The number of carbonyl (C=O) groups is 1. The molecule has 2 fully saturated rings. The molecule has 0 saturated carbocycles. The highest BCUT2D eigenvalue weighted by atomic mass is 16.5. The first kappa shape index (κ1) is 18.1. The standard InChI is InChI=1S/C20H31N3O2/c1-15-8-10-22(11-9-15)18-7-5-6-17(12-18)21-19(24)23-13-16(2)25-20(3,4)14-23/h5-7,12,15-16H,8-11,13-14H2,1-4H3,(H,21,24)/t16-/m0/s1. The predicted molar refractivity (Wildman–Crippen MR) is 102 cm³/mol. The van der Waals surface area contributed by atoms with E-state index in [2.05, 4.69) is 29.3 Å². The van der Waals surface area contributed by atoms with Gasteiger partial charge in [-0.15, -0.1) is 0 Å². The van der Waals surface area contributed by atoms with Gasteiger partial charge in [0.05, 0.1) is 18.2 Å². The highest BCUT2D eigenvalue weighted by Crippen LogP contribution is 2.26. The zero-order chi connectivity index (χ0) is 18.0. The summed E-state index contributed by atoms with van der Waals surface area (Å²) in [6, 6.07) is 8.15. The molecule has 2 heterocycles. The van der Waals surface area contributed by atoms with Crippen LogP contribution in [0.4, 0.5) is 16.2 Å². The molecule has 2 aliphatic heterocycles. The number of carbonyl (C=O) groups excluding carboxylic acids is 1. The fourth-order valence-corrected chi connectivity index (χ4v) is 3.86. The van der Waals surface area contributed by atoms with Gasteiger partial charge in [-0.2, -0.15) is 0 Å². The quantitative estimate of drug-likeness (QED) is 0.882. The van der Waals surface area contributed by atoms with Gasteiger partial charge in [-0.3, -0.25) is 0 Å². The van der Waals surface area contributed by atoms with Crippen LogP contribution in [0.25, 0.3) is 0 Å². The molecule has 0 spiro atoms. The second kappa shape index (κ2) is 7.24. The number of amides is 2. The van der Waals surface area contributed by atoms with Crippen molar-refractivity contribution < 1.29 is 9.53 Å². The first-order valence-corrected chi connectivity index (χ1v) is 9.41. The molecule has 1 atom stereocenters. The minimum absolute atomic E-state index is 0.0485. The number of nitrogens with zero attached hydrogens (tertiary/aromatic N) is 2. The summed E-state index contributed by atoms with van der Waals surface area (Å²) in [5.41, 5.74) is 1.75. The summed E-state index contributed by atoms with van der Waals surface area (Å²) < 4.78 is 5.88. The number of hydrogen-bond donors (Lipinski definition) is 1. The van der Waals surface area contributed by atoms with Crippen LogP contribution in [-0.4, -0.2) is 48.8 Å². The molecule has 0 aliphatic carbocycles. The van der Waals surface area contributed by atoms with E-state index < -0.39 is 0 Å². The van der Waals surface area contributed by atoms with Crippen molar-refractivity contribution in [2.75, 3.05) is 36.4 Å². The van der Waals surface area contributed by atoms with Crippen LogP contribution in [0.1, 0.15) is 40.5 Å². The molecule has 3 rings (SSSR count). The molecule has 2 saturated heterocycles. The molecule has 138 valence electrons. The van der Waals surface area contributed by atoms with E-state index in [1.165, 1.54) is 18.5 Å². The Morgan fingerprint density at radius 3 is 2.64 bits per heavy atom. The van der Waals surface area contributed by atoms with Gasteiger partial charge >= 0.3 is 6.03 Å². The Hall–Kier alpha value is -1.75. The Balaban J connectivity index is 1.64. The fraction of sp³-hybridized carbons (Fsp3) is 0.650. The lowest BCUT2D eigenvalue weighted by Crippen LogP contribution is -2.54. The van der Waals surface area contributed by atoms with Gasteiger partial charge in [-0.25, -0.2) is 4.79 Å². The Bertz CT molecular complexity index is 609. The summed E-state index contributed by atoms with van der Waals surface area (Å²) in [5.74, 6) is 0.811. The second-order valence-corrected chi connectivity index (χ2v) is 8.22. The van der Waals surface area contributed by atoms with Crippen molar-refractivity contribution in [3.8, 4) is 0 Å². The van der Waals surface area contributed by atoms with Gasteiger partial charge in [0.15, 0.2) is 0 Å². The lowest BCUT2D eigenvalue weighted by atomic mass is 9.99. The van der Waals surface area contributed by atoms with Crippen molar-refractivity contribution in [1.82, 2.24) is 4.90 Å². The lowest BCUT2D eigenvalue weighted by molar-refractivity contribution is -0.116. The van der Waals surface area contributed by atoms with Crippen LogP contribution in [-0.2, 0) is 4.74 Å². The molecule has 5 heteroatoms. The van der Waals surface area contributed by atoms with E-state index >= 15 is 0 Å². The van der Waals surface area contributed by atoms with Gasteiger partial charge in [0.2, 0.25) is 0 Å². The van der Waals surface area contributed by atoms with E-state index in [1.807, 2.05) is 37.8 Å². The molecular weight excluding hydrogens is 314 g/mol. The Morgan fingerprint density at radius 2 is 1.96 bits per heavy atom. The minimum atomic E-state index is -0.304. The normalized spacial score (nSPS) is 24.2.